The maximum atomic E-state index is 12.2. The maximum absolute atomic E-state index is 12.2. The van der Waals surface area contributed by atoms with Crippen molar-refractivity contribution in [2.24, 2.45) is 0 Å². The topological polar surface area (TPSA) is 37.4 Å². The molecule has 0 aliphatic rings. The molecule has 1 heterocycles. The van der Waals surface area contributed by atoms with Crippen molar-refractivity contribution in [1.29, 1.82) is 0 Å². The quantitative estimate of drug-likeness (QED) is 0.698. The van der Waals surface area contributed by atoms with Crippen molar-refractivity contribution >= 4 is 53.2 Å². The van der Waals surface area contributed by atoms with Gasteiger partial charge in [-0.25, -0.2) is 8.42 Å². The van der Waals surface area contributed by atoms with Gasteiger partial charge in [0, 0.05) is 18.4 Å². The van der Waals surface area contributed by atoms with Gasteiger partial charge in [-0.2, -0.15) is 4.31 Å². The van der Waals surface area contributed by atoms with E-state index < -0.39 is 10.0 Å². The Morgan fingerprint density at radius 1 is 1.38 bits per heavy atom. The highest BCUT2D eigenvalue weighted by atomic mass is 79.9. The Bertz CT molecular complexity index is 424. The largest absolute Gasteiger partial charge is 0.252 e. The van der Waals surface area contributed by atoms with Crippen LogP contribution in [0.2, 0.25) is 0 Å². The summed E-state index contributed by atoms with van der Waals surface area (Å²) in [4.78, 5) is 0. The third-order valence-electron chi connectivity index (χ3n) is 1.95. The van der Waals surface area contributed by atoms with Gasteiger partial charge < -0.3 is 0 Å². The average Bonchev–Trinajstić information content (AvgIpc) is 2.65. The molecule has 0 spiro atoms. The van der Waals surface area contributed by atoms with Crippen molar-refractivity contribution < 1.29 is 8.42 Å². The highest BCUT2D eigenvalue weighted by Crippen LogP contribution is 2.28. The summed E-state index contributed by atoms with van der Waals surface area (Å²) in [6.45, 7) is 3.04. The molecule has 0 aliphatic carbocycles. The summed E-state index contributed by atoms with van der Waals surface area (Å²) in [5, 5.41) is 0.652. The van der Waals surface area contributed by atoms with Gasteiger partial charge in [-0.05, 0) is 34.5 Å². The van der Waals surface area contributed by atoms with Crippen molar-refractivity contribution in [2.75, 3.05) is 18.4 Å². The zero-order valence-electron chi connectivity index (χ0n) is 8.82. The summed E-state index contributed by atoms with van der Waals surface area (Å²) in [6, 6.07) is 3.40. The highest BCUT2D eigenvalue weighted by Gasteiger charge is 2.24. The van der Waals surface area contributed by atoms with Crippen LogP contribution in [0.1, 0.15) is 13.3 Å². The van der Waals surface area contributed by atoms with E-state index in [4.69, 9.17) is 0 Å². The van der Waals surface area contributed by atoms with Crippen LogP contribution in [0.5, 0.6) is 0 Å². The van der Waals surface area contributed by atoms with E-state index in [9.17, 15) is 8.42 Å². The first-order valence-electron chi connectivity index (χ1n) is 4.83. The maximum Gasteiger partial charge on any atom is 0.252 e. The Morgan fingerprint density at radius 2 is 2.06 bits per heavy atom. The number of halogens is 2. The molecule has 16 heavy (non-hydrogen) atoms. The van der Waals surface area contributed by atoms with Gasteiger partial charge in [0.05, 0.1) is 3.79 Å². The molecular weight excluding hydrogens is 378 g/mol. The van der Waals surface area contributed by atoms with E-state index in [0.29, 0.717) is 22.6 Å². The van der Waals surface area contributed by atoms with E-state index in [-0.39, 0.29) is 0 Å². The summed E-state index contributed by atoms with van der Waals surface area (Å²) in [5.74, 6) is 0. The van der Waals surface area contributed by atoms with Crippen molar-refractivity contribution in [3.8, 4) is 0 Å². The lowest BCUT2D eigenvalue weighted by atomic mass is 10.5. The van der Waals surface area contributed by atoms with Crippen LogP contribution in [-0.4, -0.2) is 31.1 Å². The molecule has 1 aromatic heterocycles. The van der Waals surface area contributed by atoms with Gasteiger partial charge in [0.2, 0.25) is 0 Å². The molecule has 92 valence electrons. The first-order chi connectivity index (χ1) is 7.52. The standard InChI is InChI=1S/C9H13Br2NO2S2/c1-2-6-12(7-5-10)16(13,14)9-4-3-8(11)15-9/h3-4H,2,5-7H2,1H3. The third-order valence-corrected chi connectivity index (χ3v) is 6.29. The summed E-state index contributed by atoms with van der Waals surface area (Å²) in [6.07, 6.45) is 0.818. The first kappa shape index (κ1) is 14.6. The Hall–Kier alpha value is 0.570. The zero-order chi connectivity index (χ0) is 12.2. The van der Waals surface area contributed by atoms with Crippen LogP contribution in [0.25, 0.3) is 0 Å². The van der Waals surface area contributed by atoms with E-state index in [1.165, 1.54) is 15.6 Å². The van der Waals surface area contributed by atoms with Crippen LogP contribution < -0.4 is 0 Å². The minimum atomic E-state index is -3.31. The molecule has 0 aromatic carbocycles. The molecule has 0 amide bonds. The van der Waals surface area contributed by atoms with Gasteiger partial charge >= 0.3 is 0 Å². The minimum absolute atomic E-state index is 0.397. The fraction of sp³-hybridized carbons (Fsp3) is 0.556. The molecule has 0 atom stereocenters. The highest BCUT2D eigenvalue weighted by molar-refractivity contribution is 9.11. The number of sulfonamides is 1. The zero-order valence-corrected chi connectivity index (χ0v) is 13.6. The first-order valence-corrected chi connectivity index (χ1v) is 9.01. The van der Waals surface area contributed by atoms with Crippen LogP contribution in [0.4, 0.5) is 0 Å². The summed E-state index contributed by atoms with van der Waals surface area (Å²) in [5.41, 5.74) is 0. The van der Waals surface area contributed by atoms with Crippen molar-refractivity contribution in [2.45, 2.75) is 17.6 Å². The van der Waals surface area contributed by atoms with Gasteiger partial charge in [-0.1, -0.05) is 22.9 Å². The molecule has 0 saturated heterocycles. The van der Waals surface area contributed by atoms with Gasteiger partial charge in [0.25, 0.3) is 10.0 Å². The molecule has 0 aliphatic heterocycles. The smallest absolute Gasteiger partial charge is 0.206 e. The lowest BCUT2D eigenvalue weighted by Crippen LogP contribution is -2.32. The van der Waals surface area contributed by atoms with E-state index in [2.05, 4.69) is 31.9 Å². The second-order valence-electron chi connectivity index (χ2n) is 3.15. The SMILES string of the molecule is CCCN(CCBr)S(=O)(=O)c1ccc(Br)s1. The molecule has 1 rings (SSSR count). The van der Waals surface area contributed by atoms with Gasteiger partial charge in [0.15, 0.2) is 0 Å². The number of nitrogens with zero attached hydrogens (tertiary/aromatic N) is 1. The lowest BCUT2D eigenvalue weighted by Gasteiger charge is -2.19. The van der Waals surface area contributed by atoms with Crippen molar-refractivity contribution in [3.63, 3.8) is 0 Å². The fourth-order valence-corrected chi connectivity index (χ4v) is 5.62. The number of alkyl halides is 1. The van der Waals surface area contributed by atoms with Crippen LogP contribution in [0.15, 0.2) is 20.1 Å². The summed E-state index contributed by atoms with van der Waals surface area (Å²) >= 11 is 7.80. The van der Waals surface area contributed by atoms with Crippen LogP contribution in [0, 0.1) is 0 Å². The predicted octanol–water partition coefficient (Wildman–Crippen LogP) is 3.31. The molecule has 1 aromatic rings. The monoisotopic (exact) mass is 389 g/mol. The summed E-state index contributed by atoms with van der Waals surface area (Å²) < 4.78 is 27.2. The number of rotatable bonds is 6. The van der Waals surface area contributed by atoms with Gasteiger partial charge in [-0.15, -0.1) is 11.3 Å². The molecule has 0 unspecified atom stereocenters. The molecule has 3 nitrogen and oxygen atoms in total. The van der Waals surface area contributed by atoms with Crippen LogP contribution in [0.3, 0.4) is 0 Å². The van der Waals surface area contributed by atoms with Crippen molar-refractivity contribution in [1.82, 2.24) is 4.31 Å². The second kappa shape index (κ2) is 6.49. The van der Waals surface area contributed by atoms with E-state index in [1.807, 2.05) is 6.92 Å². The Balaban J connectivity index is 2.97. The number of thiophene rings is 1. The Labute approximate surface area is 117 Å². The normalized spacial score (nSPS) is 12.2. The van der Waals surface area contributed by atoms with Crippen LogP contribution in [-0.2, 0) is 10.0 Å². The lowest BCUT2D eigenvalue weighted by molar-refractivity contribution is 0.431. The number of hydrogen-bond donors (Lipinski definition) is 0. The molecular formula is C9H13Br2NO2S2. The van der Waals surface area contributed by atoms with Crippen molar-refractivity contribution in [3.05, 3.63) is 15.9 Å². The van der Waals surface area contributed by atoms with E-state index in [0.717, 1.165) is 10.2 Å². The molecule has 0 saturated carbocycles. The molecule has 0 N–H and O–H groups in total. The minimum Gasteiger partial charge on any atom is -0.206 e. The Kier molecular flexibility index (Phi) is 5.93. The molecule has 0 fully saturated rings. The Morgan fingerprint density at radius 3 is 2.50 bits per heavy atom. The van der Waals surface area contributed by atoms with Crippen LogP contribution >= 0.6 is 43.2 Å². The van der Waals surface area contributed by atoms with Gasteiger partial charge in [0.1, 0.15) is 4.21 Å². The average molecular weight is 391 g/mol. The fourth-order valence-electron chi connectivity index (χ4n) is 1.26. The van der Waals surface area contributed by atoms with Gasteiger partial charge in [-0.3, -0.25) is 0 Å². The second-order valence-corrected chi connectivity index (χ2v) is 8.57. The predicted molar refractivity (Wildman–Crippen MR) is 74.9 cm³/mol. The molecule has 0 bridgehead atoms. The molecule has 0 radical (unpaired) electrons. The molecule has 7 heteroatoms. The van der Waals surface area contributed by atoms with E-state index >= 15 is 0 Å². The summed E-state index contributed by atoms with van der Waals surface area (Å²) in [7, 11) is -3.31. The number of hydrogen-bond acceptors (Lipinski definition) is 3. The van der Waals surface area contributed by atoms with E-state index in [1.54, 1.807) is 12.1 Å². The third kappa shape index (κ3) is 3.53.